The lowest BCUT2D eigenvalue weighted by molar-refractivity contribution is -0.142. The Morgan fingerprint density at radius 2 is 1.31 bits per heavy atom. The van der Waals surface area contributed by atoms with E-state index in [0.29, 0.717) is 57.8 Å². The summed E-state index contributed by atoms with van der Waals surface area (Å²) in [6.45, 7) is -0.351. The molecule has 5 rings (SSSR count). The van der Waals surface area contributed by atoms with Crippen LogP contribution in [0.4, 0.5) is 8.78 Å². The van der Waals surface area contributed by atoms with Crippen LogP contribution in [-0.2, 0) is 19.1 Å². The predicted octanol–water partition coefficient (Wildman–Crippen LogP) is 3.06. The fourth-order valence-electron chi connectivity index (χ4n) is 6.08. The van der Waals surface area contributed by atoms with Gasteiger partial charge in [-0.15, -0.1) is 23.2 Å². The second kappa shape index (κ2) is 11.3. The van der Waals surface area contributed by atoms with Crippen molar-refractivity contribution in [2.75, 3.05) is 13.2 Å². The molecule has 0 aromatic rings. The SMILES string of the molecule is O=C(COC1CCC(Cl)C(F)C1)NC12CCC(NC(=O)COC3CCC(Cl)C(F)C3)(CC1)[C@@H](O)C2. The number of carbonyl (C=O) groups is 2. The van der Waals surface area contributed by atoms with Gasteiger partial charge in [-0.1, -0.05) is 0 Å². The van der Waals surface area contributed by atoms with Gasteiger partial charge in [-0.05, 0) is 57.8 Å². The molecule has 5 saturated carbocycles. The van der Waals surface area contributed by atoms with Crippen LogP contribution in [0.1, 0.15) is 70.6 Å². The molecule has 3 N–H and O–H groups in total. The maximum absolute atomic E-state index is 13.8. The molecular weight excluding hydrogens is 505 g/mol. The number of alkyl halides is 4. The number of ether oxygens (including phenoxy) is 2. The summed E-state index contributed by atoms with van der Waals surface area (Å²) < 4.78 is 38.8. The van der Waals surface area contributed by atoms with Gasteiger partial charge in [0.2, 0.25) is 11.8 Å². The van der Waals surface area contributed by atoms with E-state index in [9.17, 15) is 23.5 Å². The Hall–Kier alpha value is -0.740. The highest BCUT2D eigenvalue weighted by Gasteiger charge is 2.55. The van der Waals surface area contributed by atoms with Crippen molar-refractivity contribution in [3.05, 3.63) is 0 Å². The Bertz CT molecular complexity index is 770. The number of aliphatic hydroxyl groups is 1. The van der Waals surface area contributed by atoms with Crippen LogP contribution in [0.5, 0.6) is 0 Å². The van der Waals surface area contributed by atoms with E-state index in [1.54, 1.807) is 0 Å². The van der Waals surface area contributed by atoms with E-state index < -0.39 is 40.3 Å². The van der Waals surface area contributed by atoms with E-state index in [0.717, 1.165) is 0 Å². The summed E-state index contributed by atoms with van der Waals surface area (Å²) in [5.74, 6) is -0.623. The maximum atomic E-state index is 13.8. The molecule has 2 bridgehead atoms. The summed E-state index contributed by atoms with van der Waals surface area (Å²) in [4.78, 5) is 25.1. The van der Waals surface area contributed by atoms with Gasteiger partial charge >= 0.3 is 0 Å². The third kappa shape index (κ3) is 6.58. The van der Waals surface area contributed by atoms with Crippen LogP contribution < -0.4 is 10.6 Å². The molecule has 0 aromatic heterocycles. The fourth-order valence-corrected chi connectivity index (χ4v) is 6.54. The summed E-state index contributed by atoms with van der Waals surface area (Å²) in [7, 11) is 0. The number of halogens is 4. The van der Waals surface area contributed by atoms with Crippen LogP contribution in [0, 0.1) is 0 Å². The van der Waals surface area contributed by atoms with Gasteiger partial charge in [0.15, 0.2) is 0 Å². The van der Waals surface area contributed by atoms with E-state index in [4.69, 9.17) is 32.7 Å². The van der Waals surface area contributed by atoms with Crippen molar-refractivity contribution >= 4 is 35.0 Å². The first-order valence-corrected chi connectivity index (χ1v) is 13.6. The molecule has 0 spiro atoms. The normalized spacial score (nSPS) is 43.5. The van der Waals surface area contributed by atoms with Crippen LogP contribution in [-0.4, -0.2) is 82.6 Å². The van der Waals surface area contributed by atoms with E-state index in [1.165, 1.54) is 0 Å². The minimum Gasteiger partial charge on any atom is -0.391 e. The molecule has 5 aliphatic carbocycles. The summed E-state index contributed by atoms with van der Waals surface area (Å²) in [5, 5.41) is 15.9. The highest BCUT2D eigenvalue weighted by atomic mass is 35.5. The lowest BCUT2D eigenvalue weighted by Crippen LogP contribution is -2.70. The van der Waals surface area contributed by atoms with Crippen molar-refractivity contribution in [2.45, 2.75) is 123 Å². The number of nitrogens with one attached hydrogen (secondary N) is 2. The van der Waals surface area contributed by atoms with Gasteiger partial charge in [-0.3, -0.25) is 9.59 Å². The summed E-state index contributed by atoms with van der Waals surface area (Å²) >= 11 is 11.8. The minimum atomic E-state index is -1.13. The quantitative estimate of drug-likeness (QED) is 0.411. The molecule has 200 valence electrons. The van der Waals surface area contributed by atoms with Crippen molar-refractivity contribution in [2.24, 2.45) is 0 Å². The van der Waals surface area contributed by atoms with Crippen LogP contribution >= 0.6 is 23.2 Å². The average molecular weight is 541 g/mol. The first kappa shape index (κ1) is 27.3. The molecule has 35 heavy (non-hydrogen) atoms. The predicted molar refractivity (Wildman–Crippen MR) is 127 cm³/mol. The van der Waals surface area contributed by atoms with Crippen LogP contribution in [0.2, 0.25) is 0 Å². The van der Waals surface area contributed by atoms with Gasteiger partial charge in [0, 0.05) is 18.4 Å². The molecule has 2 amide bonds. The Balaban J connectivity index is 1.20. The second-order valence-electron chi connectivity index (χ2n) is 10.8. The summed E-state index contributed by atoms with van der Waals surface area (Å²) in [5.41, 5.74) is -1.30. The van der Waals surface area contributed by atoms with E-state index in [2.05, 4.69) is 10.6 Å². The summed E-state index contributed by atoms with van der Waals surface area (Å²) in [6, 6.07) is 0. The Morgan fingerprint density at radius 3 is 1.77 bits per heavy atom. The van der Waals surface area contributed by atoms with Crippen molar-refractivity contribution in [3.63, 3.8) is 0 Å². The molecule has 0 radical (unpaired) electrons. The van der Waals surface area contributed by atoms with E-state index in [-0.39, 0.29) is 50.1 Å². The number of carbonyl (C=O) groups excluding carboxylic acids is 2. The Morgan fingerprint density at radius 1 is 0.829 bits per heavy atom. The van der Waals surface area contributed by atoms with E-state index >= 15 is 0 Å². The highest BCUT2D eigenvalue weighted by molar-refractivity contribution is 6.21. The van der Waals surface area contributed by atoms with Gasteiger partial charge < -0.3 is 25.2 Å². The number of aliphatic hydroxyl groups excluding tert-OH is 1. The van der Waals surface area contributed by atoms with Crippen molar-refractivity contribution in [3.8, 4) is 0 Å². The number of hydrogen-bond donors (Lipinski definition) is 3. The molecular formula is C24H36Cl2F2N2O5. The largest absolute Gasteiger partial charge is 0.391 e. The average Bonchev–Trinajstić information content (AvgIpc) is 2.82. The molecule has 0 heterocycles. The van der Waals surface area contributed by atoms with Gasteiger partial charge in [0.05, 0.1) is 34.6 Å². The number of amides is 2. The smallest absolute Gasteiger partial charge is 0.246 e. The number of fused-ring (bicyclic) bond motifs is 3. The van der Waals surface area contributed by atoms with Gasteiger partial charge in [0.25, 0.3) is 0 Å². The van der Waals surface area contributed by atoms with Gasteiger partial charge in [0.1, 0.15) is 25.6 Å². The topological polar surface area (TPSA) is 96.9 Å². The first-order chi connectivity index (χ1) is 16.6. The fraction of sp³-hybridized carbons (Fsp3) is 0.917. The minimum absolute atomic E-state index is 0.160. The molecule has 7 atom stereocenters. The molecule has 7 nitrogen and oxygen atoms in total. The maximum Gasteiger partial charge on any atom is 0.246 e. The summed E-state index contributed by atoms with van der Waals surface area (Å²) in [6.07, 6.45) is 1.52. The Kier molecular flexibility index (Phi) is 8.84. The molecule has 0 saturated heterocycles. The van der Waals surface area contributed by atoms with Crippen molar-refractivity contribution < 1.29 is 33.0 Å². The zero-order valence-electron chi connectivity index (χ0n) is 19.8. The number of hydrogen-bond acceptors (Lipinski definition) is 5. The van der Waals surface area contributed by atoms with Gasteiger partial charge in [-0.2, -0.15) is 0 Å². The van der Waals surface area contributed by atoms with Gasteiger partial charge in [-0.25, -0.2) is 8.78 Å². The Labute approximate surface area is 214 Å². The van der Waals surface area contributed by atoms with Crippen molar-refractivity contribution in [1.82, 2.24) is 10.6 Å². The molecule has 5 fully saturated rings. The van der Waals surface area contributed by atoms with Crippen LogP contribution in [0.25, 0.3) is 0 Å². The molecule has 5 aliphatic rings. The molecule has 0 aliphatic heterocycles. The molecule has 6 unspecified atom stereocenters. The standard InChI is InChI=1S/C24H36Cl2F2N2O5/c25-16-3-1-14(9-18(16)27)34-12-21(32)29-23-5-7-24(8-6-23,20(31)11-23)30-22(33)13-35-15-2-4-17(26)19(28)10-15/h14-20,31H,1-13H2,(H,29,32)(H,30,33)/t14?,15?,16?,17?,18?,19?,20-,23?,24?/m0/s1. The van der Waals surface area contributed by atoms with E-state index in [1.807, 2.05) is 0 Å². The third-order valence-electron chi connectivity index (χ3n) is 8.30. The monoisotopic (exact) mass is 540 g/mol. The number of rotatable bonds is 8. The first-order valence-electron chi connectivity index (χ1n) is 12.7. The van der Waals surface area contributed by atoms with Crippen molar-refractivity contribution in [1.29, 1.82) is 0 Å². The zero-order chi connectivity index (χ0) is 25.2. The second-order valence-corrected chi connectivity index (χ2v) is 11.9. The van der Waals surface area contributed by atoms with Crippen LogP contribution in [0.3, 0.4) is 0 Å². The lowest BCUT2D eigenvalue weighted by atomic mass is 9.60. The zero-order valence-corrected chi connectivity index (χ0v) is 21.3. The highest BCUT2D eigenvalue weighted by Crippen LogP contribution is 2.47. The lowest BCUT2D eigenvalue weighted by Gasteiger charge is -2.56. The van der Waals surface area contributed by atoms with Crippen LogP contribution in [0.15, 0.2) is 0 Å². The molecule has 0 aromatic carbocycles. The molecule has 11 heteroatoms. The third-order valence-corrected chi connectivity index (χ3v) is 9.29.